The summed E-state index contributed by atoms with van der Waals surface area (Å²) in [6.07, 6.45) is 0. The van der Waals surface area contributed by atoms with E-state index in [4.69, 9.17) is 4.74 Å². The maximum Gasteiger partial charge on any atom is 0.255 e. The van der Waals surface area contributed by atoms with E-state index in [0.717, 1.165) is 5.56 Å². The second kappa shape index (κ2) is 7.53. The van der Waals surface area contributed by atoms with Gasteiger partial charge in [0.25, 0.3) is 5.91 Å². The average Bonchev–Trinajstić information content (AvgIpc) is 2.63. The van der Waals surface area contributed by atoms with E-state index < -0.39 is 5.82 Å². The molecule has 3 rings (SSSR count). The van der Waals surface area contributed by atoms with E-state index in [2.05, 4.69) is 15.5 Å². The Morgan fingerprint density at radius 3 is 2.64 bits per heavy atom. The minimum atomic E-state index is -0.453. The number of aromatic nitrogens is 2. The van der Waals surface area contributed by atoms with Gasteiger partial charge in [-0.2, -0.15) is 0 Å². The zero-order valence-corrected chi connectivity index (χ0v) is 13.6. The maximum absolute atomic E-state index is 13.2. The normalized spacial score (nSPS) is 10.3. The van der Waals surface area contributed by atoms with Crippen molar-refractivity contribution in [3.63, 3.8) is 0 Å². The molecule has 0 radical (unpaired) electrons. The molecular weight excluding hydrogens is 321 g/mol. The fourth-order valence-corrected chi connectivity index (χ4v) is 2.29. The van der Waals surface area contributed by atoms with Gasteiger partial charge in [0.1, 0.15) is 5.82 Å². The number of amides is 1. The van der Waals surface area contributed by atoms with Crippen LogP contribution in [0.4, 0.5) is 10.1 Å². The Labute approximate surface area is 144 Å². The van der Waals surface area contributed by atoms with Crippen molar-refractivity contribution in [2.75, 3.05) is 11.9 Å². The number of nitrogens with zero attached hydrogens (tertiary/aromatic N) is 2. The largest absolute Gasteiger partial charge is 0.477 e. The van der Waals surface area contributed by atoms with Crippen LogP contribution in [0.15, 0.2) is 60.7 Å². The van der Waals surface area contributed by atoms with Crippen molar-refractivity contribution in [1.29, 1.82) is 0 Å². The van der Waals surface area contributed by atoms with E-state index >= 15 is 0 Å². The van der Waals surface area contributed by atoms with Crippen molar-refractivity contribution in [3.05, 3.63) is 72.0 Å². The van der Waals surface area contributed by atoms with E-state index in [9.17, 15) is 9.18 Å². The van der Waals surface area contributed by atoms with Gasteiger partial charge in [0, 0.05) is 22.9 Å². The van der Waals surface area contributed by atoms with Crippen LogP contribution < -0.4 is 10.1 Å². The number of carbonyl (C=O) groups excluding carboxylic acids is 1. The summed E-state index contributed by atoms with van der Waals surface area (Å²) < 4.78 is 18.5. The van der Waals surface area contributed by atoms with Crippen molar-refractivity contribution in [1.82, 2.24) is 10.2 Å². The molecule has 1 heterocycles. The minimum absolute atomic E-state index is 0.256. The average molecular weight is 337 g/mol. The van der Waals surface area contributed by atoms with E-state index in [1.54, 1.807) is 36.4 Å². The molecule has 2 aromatic carbocycles. The van der Waals surface area contributed by atoms with E-state index in [-0.39, 0.29) is 11.5 Å². The fourth-order valence-electron chi connectivity index (χ4n) is 2.29. The summed E-state index contributed by atoms with van der Waals surface area (Å²) in [6, 6.07) is 16.3. The van der Waals surface area contributed by atoms with Crippen LogP contribution in [0.3, 0.4) is 0 Å². The molecule has 1 amide bonds. The molecule has 0 aliphatic carbocycles. The lowest BCUT2D eigenvalue weighted by Gasteiger charge is -2.08. The maximum atomic E-state index is 13.2. The molecule has 1 N–H and O–H groups in total. The highest BCUT2D eigenvalue weighted by molar-refractivity contribution is 6.04. The number of hydrogen-bond donors (Lipinski definition) is 1. The SMILES string of the molecule is CCOc1ccc(-c2cccc(NC(=O)c3cccc(F)c3)c2)nn1. The number of anilines is 1. The van der Waals surface area contributed by atoms with E-state index in [1.165, 1.54) is 18.2 Å². The first-order valence-corrected chi connectivity index (χ1v) is 7.79. The monoisotopic (exact) mass is 337 g/mol. The summed E-state index contributed by atoms with van der Waals surface area (Å²) in [7, 11) is 0. The second-order valence-electron chi connectivity index (χ2n) is 5.24. The molecule has 0 fully saturated rings. The van der Waals surface area contributed by atoms with Gasteiger partial charge in [-0.1, -0.05) is 18.2 Å². The summed E-state index contributed by atoms with van der Waals surface area (Å²) in [5.41, 5.74) is 2.30. The van der Waals surface area contributed by atoms with Gasteiger partial charge in [-0.3, -0.25) is 4.79 Å². The molecule has 126 valence electrons. The van der Waals surface area contributed by atoms with Crippen LogP contribution in [0.1, 0.15) is 17.3 Å². The Morgan fingerprint density at radius 1 is 1.08 bits per heavy atom. The van der Waals surface area contributed by atoms with E-state index in [0.29, 0.717) is 23.9 Å². The summed E-state index contributed by atoms with van der Waals surface area (Å²) in [5.74, 6) is -0.373. The lowest BCUT2D eigenvalue weighted by atomic mass is 10.1. The number of halogens is 1. The molecule has 0 saturated carbocycles. The molecule has 0 bridgehead atoms. The highest BCUT2D eigenvalue weighted by atomic mass is 19.1. The lowest BCUT2D eigenvalue weighted by Crippen LogP contribution is -2.12. The predicted molar refractivity (Wildman–Crippen MR) is 93.0 cm³/mol. The number of hydrogen-bond acceptors (Lipinski definition) is 4. The first-order valence-electron chi connectivity index (χ1n) is 7.79. The van der Waals surface area contributed by atoms with Gasteiger partial charge < -0.3 is 10.1 Å². The Hall–Kier alpha value is -3.28. The Bertz CT molecular complexity index is 882. The molecule has 0 spiro atoms. The number of benzene rings is 2. The number of rotatable bonds is 5. The van der Waals surface area contributed by atoms with Crippen molar-refractivity contribution in [3.8, 4) is 17.1 Å². The first-order chi connectivity index (χ1) is 12.2. The van der Waals surface area contributed by atoms with Gasteiger partial charge in [0.05, 0.1) is 12.3 Å². The van der Waals surface area contributed by atoms with Gasteiger partial charge in [0.2, 0.25) is 5.88 Å². The molecule has 0 atom stereocenters. The first kappa shape index (κ1) is 16.6. The Morgan fingerprint density at radius 2 is 1.92 bits per heavy atom. The van der Waals surface area contributed by atoms with Gasteiger partial charge in [-0.15, -0.1) is 10.2 Å². The summed E-state index contributed by atoms with van der Waals surface area (Å²) >= 11 is 0. The summed E-state index contributed by atoms with van der Waals surface area (Å²) in [6.45, 7) is 2.40. The zero-order valence-electron chi connectivity index (χ0n) is 13.6. The molecular formula is C19H16FN3O2. The quantitative estimate of drug-likeness (QED) is 0.766. The molecule has 5 nitrogen and oxygen atoms in total. The Balaban J connectivity index is 1.78. The molecule has 3 aromatic rings. The van der Waals surface area contributed by atoms with Crippen LogP contribution >= 0.6 is 0 Å². The van der Waals surface area contributed by atoms with Crippen LogP contribution in [-0.2, 0) is 0 Å². The topological polar surface area (TPSA) is 64.1 Å². The third-order valence-electron chi connectivity index (χ3n) is 3.44. The standard InChI is InChI=1S/C19H16FN3O2/c1-2-25-18-10-9-17(22-23-18)13-5-4-8-16(12-13)21-19(24)14-6-3-7-15(20)11-14/h3-12H,2H2,1H3,(H,21,24). The van der Waals surface area contributed by atoms with Crippen LogP contribution in [0.5, 0.6) is 5.88 Å². The predicted octanol–water partition coefficient (Wildman–Crippen LogP) is 3.93. The molecule has 0 saturated heterocycles. The number of nitrogens with one attached hydrogen (secondary N) is 1. The smallest absolute Gasteiger partial charge is 0.255 e. The fraction of sp³-hybridized carbons (Fsp3) is 0.105. The number of carbonyl (C=O) groups is 1. The van der Waals surface area contributed by atoms with Gasteiger partial charge >= 0.3 is 0 Å². The molecule has 0 aliphatic heterocycles. The summed E-state index contributed by atoms with van der Waals surface area (Å²) in [4.78, 5) is 12.2. The van der Waals surface area contributed by atoms with Crippen LogP contribution in [0.2, 0.25) is 0 Å². The highest BCUT2D eigenvalue weighted by Crippen LogP contribution is 2.22. The van der Waals surface area contributed by atoms with Crippen LogP contribution in [-0.4, -0.2) is 22.7 Å². The number of ether oxygens (including phenoxy) is 1. The highest BCUT2D eigenvalue weighted by Gasteiger charge is 2.08. The van der Waals surface area contributed by atoms with Gasteiger partial charge in [0.15, 0.2) is 0 Å². The summed E-state index contributed by atoms with van der Waals surface area (Å²) in [5, 5.41) is 10.9. The van der Waals surface area contributed by atoms with Crippen LogP contribution in [0.25, 0.3) is 11.3 Å². The third-order valence-corrected chi connectivity index (χ3v) is 3.44. The molecule has 1 aromatic heterocycles. The van der Waals surface area contributed by atoms with E-state index in [1.807, 2.05) is 13.0 Å². The lowest BCUT2D eigenvalue weighted by molar-refractivity contribution is 0.102. The molecule has 25 heavy (non-hydrogen) atoms. The minimum Gasteiger partial charge on any atom is -0.477 e. The Kier molecular flexibility index (Phi) is 4.99. The molecule has 0 aliphatic rings. The van der Waals surface area contributed by atoms with Gasteiger partial charge in [-0.25, -0.2) is 4.39 Å². The van der Waals surface area contributed by atoms with Crippen molar-refractivity contribution in [2.24, 2.45) is 0 Å². The van der Waals surface area contributed by atoms with Crippen molar-refractivity contribution >= 4 is 11.6 Å². The van der Waals surface area contributed by atoms with Crippen molar-refractivity contribution < 1.29 is 13.9 Å². The van der Waals surface area contributed by atoms with Crippen LogP contribution in [0, 0.1) is 5.82 Å². The third kappa shape index (κ3) is 4.17. The molecule has 6 heteroatoms. The second-order valence-corrected chi connectivity index (χ2v) is 5.24. The van der Waals surface area contributed by atoms with Gasteiger partial charge in [-0.05, 0) is 43.3 Å². The zero-order chi connectivity index (χ0) is 17.6. The molecule has 0 unspecified atom stereocenters. The van der Waals surface area contributed by atoms with Crippen molar-refractivity contribution in [2.45, 2.75) is 6.92 Å².